The first-order chi connectivity index (χ1) is 11.5. The van der Waals surface area contributed by atoms with E-state index in [1.807, 2.05) is 30.3 Å². The van der Waals surface area contributed by atoms with Crippen LogP contribution in [0.25, 0.3) is 0 Å². The first kappa shape index (κ1) is 18.0. The van der Waals surface area contributed by atoms with Gasteiger partial charge >= 0.3 is 11.8 Å². The molecule has 124 valence electrons. The van der Waals surface area contributed by atoms with Gasteiger partial charge < -0.3 is 5.32 Å². The Morgan fingerprint density at radius 2 is 1.62 bits per heavy atom. The van der Waals surface area contributed by atoms with Crippen molar-refractivity contribution in [2.75, 3.05) is 0 Å². The van der Waals surface area contributed by atoms with E-state index in [9.17, 15) is 9.59 Å². The molecule has 0 heterocycles. The molecule has 0 aliphatic carbocycles. The van der Waals surface area contributed by atoms with Gasteiger partial charge in [0.2, 0.25) is 0 Å². The summed E-state index contributed by atoms with van der Waals surface area (Å²) in [6.45, 7) is 1.79. The van der Waals surface area contributed by atoms with E-state index in [1.165, 1.54) is 6.21 Å². The Hall–Kier alpha value is -2.37. The number of hydrogen-bond donors (Lipinski definition) is 2. The Balaban J connectivity index is 1.92. The van der Waals surface area contributed by atoms with Crippen LogP contribution in [0.2, 0.25) is 10.0 Å². The van der Waals surface area contributed by atoms with Crippen molar-refractivity contribution in [1.82, 2.24) is 10.7 Å². The summed E-state index contributed by atoms with van der Waals surface area (Å²) in [5.74, 6) is -1.66. The number of amides is 2. The highest BCUT2D eigenvalue weighted by atomic mass is 35.5. The van der Waals surface area contributed by atoms with Crippen LogP contribution in [-0.2, 0) is 9.59 Å². The molecular formula is C17H15Cl2N3O2. The highest BCUT2D eigenvalue weighted by Gasteiger charge is 2.16. The van der Waals surface area contributed by atoms with Crippen LogP contribution in [0.3, 0.4) is 0 Å². The van der Waals surface area contributed by atoms with Gasteiger partial charge in [0.1, 0.15) is 0 Å². The van der Waals surface area contributed by atoms with E-state index in [-0.39, 0.29) is 6.04 Å². The molecule has 2 aromatic carbocycles. The van der Waals surface area contributed by atoms with Crippen molar-refractivity contribution < 1.29 is 9.59 Å². The molecule has 0 bridgehead atoms. The summed E-state index contributed by atoms with van der Waals surface area (Å²) < 4.78 is 0. The molecular weight excluding hydrogens is 349 g/mol. The van der Waals surface area contributed by atoms with Gasteiger partial charge in [0.15, 0.2) is 0 Å². The van der Waals surface area contributed by atoms with Crippen LogP contribution in [0, 0.1) is 0 Å². The fourth-order valence-corrected chi connectivity index (χ4v) is 2.42. The molecule has 0 aromatic heterocycles. The van der Waals surface area contributed by atoms with Crippen LogP contribution in [0.4, 0.5) is 0 Å². The highest BCUT2D eigenvalue weighted by molar-refractivity contribution is 6.38. The van der Waals surface area contributed by atoms with Gasteiger partial charge in [0.25, 0.3) is 0 Å². The molecule has 1 atom stereocenters. The minimum atomic E-state index is -0.878. The van der Waals surface area contributed by atoms with Crippen molar-refractivity contribution in [2.45, 2.75) is 13.0 Å². The predicted molar refractivity (Wildman–Crippen MR) is 95.2 cm³/mol. The predicted octanol–water partition coefficient (Wildman–Crippen LogP) is 3.32. The van der Waals surface area contributed by atoms with Crippen molar-refractivity contribution >= 4 is 41.2 Å². The number of nitrogens with one attached hydrogen (secondary N) is 2. The van der Waals surface area contributed by atoms with Crippen LogP contribution in [0.15, 0.2) is 53.6 Å². The maximum atomic E-state index is 11.9. The van der Waals surface area contributed by atoms with E-state index in [4.69, 9.17) is 23.2 Å². The number of rotatable bonds is 4. The lowest BCUT2D eigenvalue weighted by molar-refractivity contribution is -0.139. The average Bonchev–Trinajstić information content (AvgIpc) is 2.58. The Morgan fingerprint density at radius 3 is 2.25 bits per heavy atom. The van der Waals surface area contributed by atoms with Gasteiger partial charge in [-0.3, -0.25) is 9.59 Å². The lowest BCUT2D eigenvalue weighted by atomic mass is 10.1. The minimum absolute atomic E-state index is 0.300. The van der Waals surface area contributed by atoms with Gasteiger partial charge in [-0.15, -0.1) is 0 Å². The summed E-state index contributed by atoms with van der Waals surface area (Å²) in [7, 11) is 0. The molecule has 0 unspecified atom stereocenters. The highest BCUT2D eigenvalue weighted by Crippen LogP contribution is 2.21. The first-order valence-corrected chi connectivity index (χ1v) is 7.87. The van der Waals surface area contributed by atoms with Crippen molar-refractivity contribution in [3.8, 4) is 0 Å². The zero-order valence-electron chi connectivity index (χ0n) is 12.8. The van der Waals surface area contributed by atoms with E-state index in [0.29, 0.717) is 15.6 Å². The molecule has 2 aromatic rings. The molecule has 0 aliphatic heterocycles. The Bertz CT molecular complexity index is 743. The number of hydrazone groups is 1. The molecule has 7 heteroatoms. The minimum Gasteiger partial charge on any atom is -0.341 e. The number of halogens is 2. The normalized spacial score (nSPS) is 12.0. The number of hydrogen-bond acceptors (Lipinski definition) is 3. The number of benzene rings is 2. The summed E-state index contributed by atoms with van der Waals surface area (Å²) >= 11 is 12.0. The molecule has 2 N–H and O–H groups in total. The fraction of sp³-hybridized carbons (Fsp3) is 0.118. The van der Waals surface area contributed by atoms with E-state index >= 15 is 0 Å². The van der Waals surface area contributed by atoms with Crippen LogP contribution in [0.5, 0.6) is 0 Å². The van der Waals surface area contributed by atoms with E-state index < -0.39 is 11.8 Å². The summed E-state index contributed by atoms with van der Waals surface area (Å²) in [5.41, 5.74) is 3.49. The van der Waals surface area contributed by atoms with E-state index in [1.54, 1.807) is 25.1 Å². The van der Waals surface area contributed by atoms with Crippen LogP contribution in [0.1, 0.15) is 24.1 Å². The SMILES string of the molecule is C[C@H](NC(=O)C(=O)N/N=C\c1c(Cl)cccc1Cl)c1ccccc1. The smallest absolute Gasteiger partial charge is 0.329 e. The third-order valence-electron chi connectivity index (χ3n) is 3.21. The third-order valence-corrected chi connectivity index (χ3v) is 3.87. The van der Waals surface area contributed by atoms with Crippen LogP contribution < -0.4 is 10.7 Å². The Kier molecular flexibility index (Phi) is 6.35. The molecule has 0 aliphatic rings. The zero-order chi connectivity index (χ0) is 17.5. The van der Waals surface area contributed by atoms with E-state index in [0.717, 1.165) is 5.56 Å². The monoisotopic (exact) mass is 363 g/mol. The summed E-state index contributed by atoms with van der Waals surface area (Å²) in [6.07, 6.45) is 1.29. The summed E-state index contributed by atoms with van der Waals surface area (Å²) in [5, 5.41) is 7.08. The molecule has 0 fully saturated rings. The molecule has 0 spiro atoms. The lowest BCUT2D eigenvalue weighted by Crippen LogP contribution is -2.39. The second kappa shape index (κ2) is 8.47. The van der Waals surface area contributed by atoms with Gasteiger partial charge in [-0.05, 0) is 24.6 Å². The van der Waals surface area contributed by atoms with Crippen molar-refractivity contribution in [3.05, 3.63) is 69.7 Å². The summed E-state index contributed by atoms with van der Waals surface area (Å²) in [6, 6.07) is 14.0. The number of nitrogens with zero attached hydrogens (tertiary/aromatic N) is 1. The molecule has 0 radical (unpaired) electrons. The topological polar surface area (TPSA) is 70.6 Å². The Labute approximate surface area is 149 Å². The summed E-state index contributed by atoms with van der Waals surface area (Å²) in [4.78, 5) is 23.6. The standard InChI is InChI=1S/C17H15Cl2N3O2/c1-11(12-6-3-2-4-7-12)21-16(23)17(24)22-20-10-13-14(18)8-5-9-15(13)19/h2-11H,1H3,(H,21,23)(H,22,24)/b20-10-/t11-/m0/s1. The second-order valence-electron chi connectivity index (χ2n) is 4.94. The van der Waals surface area contributed by atoms with Gasteiger partial charge in [-0.2, -0.15) is 5.10 Å². The molecule has 24 heavy (non-hydrogen) atoms. The molecule has 0 saturated carbocycles. The maximum absolute atomic E-state index is 11.9. The van der Waals surface area contributed by atoms with Crippen molar-refractivity contribution in [2.24, 2.45) is 5.10 Å². The average molecular weight is 364 g/mol. The Morgan fingerprint density at radius 1 is 1.00 bits per heavy atom. The van der Waals surface area contributed by atoms with Crippen LogP contribution >= 0.6 is 23.2 Å². The van der Waals surface area contributed by atoms with Crippen molar-refractivity contribution in [1.29, 1.82) is 0 Å². The second-order valence-corrected chi connectivity index (χ2v) is 5.75. The van der Waals surface area contributed by atoms with Crippen molar-refractivity contribution in [3.63, 3.8) is 0 Å². The van der Waals surface area contributed by atoms with Gasteiger partial charge in [0, 0.05) is 5.56 Å². The molecule has 5 nitrogen and oxygen atoms in total. The number of carbonyl (C=O) groups is 2. The fourth-order valence-electron chi connectivity index (χ4n) is 1.93. The van der Waals surface area contributed by atoms with Gasteiger partial charge in [-0.25, -0.2) is 5.43 Å². The largest absolute Gasteiger partial charge is 0.341 e. The van der Waals surface area contributed by atoms with Gasteiger partial charge in [0.05, 0.1) is 22.3 Å². The zero-order valence-corrected chi connectivity index (χ0v) is 14.3. The first-order valence-electron chi connectivity index (χ1n) is 7.12. The molecule has 0 saturated heterocycles. The molecule has 2 amide bonds. The number of carbonyl (C=O) groups excluding carboxylic acids is 2. The van der Waals surface area contributed by atoms with Crippen LogP contribution in [-0.4, -0.2) is 18.0 Å². The maximum Gasteiger partial charge on any atom is 0.329 e. The molecule has 2 rings (SSSR count). The third kappa shape index (κ3) is 4.81. The lowest BCUT2D eigenvalue weighted by Gasteiger charge is -2.13. The van der Waals surface area contributed by atoms with Gasteiger partial charge in [-0.1, -0.05) is 59.6 Å². The quantitative estimate of drug-likeness (QED) is 0.496. The van der Waals surface area contributed by atoms with E-state index in [2.05, 4.69) is 15.8 Å².